The fraction of sp³-hybridized carbons (Fsp3) is 0.294. The molecule has 0 amide bonds. The van der Waals surface area contributed by atoms with Crippen molar-refractivity contribution >= 4 is 23.2 Å². The topological polar surface area (TPSA) is 21.3 Å². The summed E-state index contributed by atoms with van der Waals surface area (Å²) in [5.74, 6) is 1.40. The van der Waals surface area contributed by atoms with Crippen LogP contribution in [0.1, 0.15) is 25.0 Å². The van der Waals surface area contributed by atoms with E-state index in [0.29, 0.717) is 10.8 Å². The fourth-order valence-electron chi connectivity index (χ4n) is 2.02. The van der Waals surface area contributed by atoms with Gasteiger partial charge in [-0.15, -0.1) is 0 Å². The van der Waals surface area contributed by atoms with Gasteiger partial charge < -0.3 is 10.1 Å². The minimum atomic E-state index is 0.610. The maximum absolute atomic E-state index is 6.28. The molecule has 21 heavy (non-hydrogen) atoms. The molecule has 0 spiro atoms. The minimum absolute atomic E-state index is 0.610. The van der Waals surface area contributed by atoms with Crippen molar-refractivity contribution in [3.8, 4) is 11.5 Å². The van der Waals surface area contributed by atoms with E-state index in [1.165, 1.54) is 0 Å². The normalized spacial score (nSPS) is 10.7. The number of benzene rings is 2. The van der Waals surface area contributed by atoms with Crippen LogP contribution in [0.2, 0.25) is 10.0 Å². The fourth-order valence-corrected chi connectivity index (χ4v) is 2.51. The molecule has 2 nitrogen and oxygen atoms in total. The molecule has 0 aliphatic rings. The lowest BCUT2D eigenvalue weighted by atomic mass is 10.1. The van der Waals surface area contributed by atoms with E-state index in [9.17, 15) is 0 Å². The van der Waals surface area contributed by atoms with Crippen molar-refractivity contribution in [2.24, 2.45) is 0 Å². The maximum atomic E-state index is 6.28. The van der Waals surface area contributed by atoms with Crippen molar-refractivity contribution in [3.05, 3.63) is 57.6 Å². The average Bonchev–Trinajstić information content (AvgIpc) is 2.49. The third-order valence-electron chi connectivity index (χ3n) is 3.20. The first-order valence-corrected chi connectivity index (χ1v) is 7.85. The Bertz CT molecular complexity index is 614. The lowest BCUT2D eigenvalue weighted by Gasteiger charge is -2.11. The standard InChI is InChI=1S/C17H19Cl2NO/c1-3-13-10-14(6-7-15(13)18)21-17-8-5-12(9-16(17)19)11-20-4-2/h5-10,20H,3-4,11H2,1-2H3. The molecule has 1 N–H and O–H groups in total. The SMILES string of the molecule is CCNCc1ccc(Oc2ccc(Cl)c(CC)c2)c(Cl)c1. The zero-order valence-corrected chi connectivity index (χ0v) is 13.8. The van der Waals surface area contributed by atoms with Gasteiger partial charge >= 0.3 is 0 Å². The lowest BCUT2D eigenvalue weighted by Crippen LogP contribution is -2.11. The lowest BCUT2D eigenvalue weighted by molar-refractivity contribution is 0.482. The maximum Gasteiger partial charge on any atom is 0.146 e. The Morgan fingerprint density at radius 2 is 1.81 bits per heavy atom. The zero-order valence-electron chi connectivity index (χ0n) is 12.2. The van der Waals surface area contributed by atoms with Crippen LogP contribution in [0.25, 0.3) is 0 Å². The molecular formula is C17H19Cl2NO. The first-order chi connectivity index (χ1) is 10.1. The van der Waals surface area contributed by atoms with Crippen molar-refractivity contribution in [1.29, 1.82) is 0 Å². The first-order valence-electron chi connectivity index (χ1n) is 7.09. The van der Waals surface area contributed by atoms with Gasteiger partial charge in [-0.1, -0.05) is 43.1 Å². The average molecular weight is 324 g/mol. The molecule has 0 saturated heterocycles. The predicted molar refractivity (Wildman–Crippen MR) is 89.7 cm³/mol. The van der Waals surface area contributed by atoms with Gasteiger partial charge in [0.15, 0.2) is 0 Å². The third-order valence-corrected chi connectivity index (χ3v) is 3.87. The Balaban J connectivity index is 2.16. The van der Waals surface area contributed by atoms with E-state index >= 15 is 0 Å². The van der Waals surface area contributed by atoms with Crippen LogP contribution in [0.4, 0.5) is 0 Å². The van der Waals surface area contributed by atoms with Gasteiger partial charge in [0.1, 0.15) is 11.5 Å². The highest BCUT2D eigenvalue weighted by molar-refractivity contribution is 6.32. The summed E-state index contributed by atoms with van der Waals surface area (Å²) in [4.78, 5) is 0. The van der Waals surface area contributed by atoms with Crippen LogP contribution >= 0.6 is 23.2 Å². The van der Waals surface area contributed by atoms with Gasteiger partial charge in [-0.3, -0.25) is 0 Å². The molecule has 2 aromatic carbocycles. The van der Waals surface area contributed by atoms with E-state index in [0.717, 1.165) is 41.4 Å². The van der Waals surface area contributed by atoms with Crippen molar-refractivity contribution in [1.82, 2.24) is 5.32 Å². The molecule has 0 bridgehead atoms. The van der Waals surface area contributed by atoms with Crippen LogP contribution in [0.3, 0.4) is 0 Å². The van der Waals surface area contributed by atoms with Gasteiger partial charge in [-0.25, -0.2) is 0 Å². The molecule has 0 aliphatic carbocycles. The molecule has 0 saturated carbocycles. The monoisotopic (exact) mass is 323 g/mol. The van der Waals surface area contributed by atoms with E-state index in [1.807, 2.05) is 36.4 Å². The predicted octanol–water partition coefficient (Wildman–Crippen LogP) is 5.46. The summed E-state index contributed by atoms with van der Waals surface area (Å²) in [6.07, 6.45) is 0.866. The van der Waals surface area contributed by atoms with Gasteiger partial charge in [0.25, 0.3) is 0 Å². The third kappa shape index (κ3) is 4.37. The van der Waals surface area contributed by atoms with Gasteiger partial charge in [-0.05, 0) is 54.4 Å². The van der Waals surface area contributed by atoms with Gasteiger partial charge in [0, 0.05) is 11.6 Å². The Morgan fingerprint density at radius 3 is 2.48 bits per heavy atom. The Hall–Kier alpha value is -1.22. The molecule has 2 rings (SSSR count). The van der Waals surface area contributed by atoms with Crippen molar-refractivity contribution in [3.63, 3.8) is 0 Å². The van der Waals surface area contributed by atoms with Gasteiger partial charge in [0.2, 0.25) is 0 Å². The summed E-state index contributed by atoms with van der Waals surface area (Å²) in [6.45, 7) is 5.87. The molecule has 4 heteroatoms. The summed E-state index contributed by atoms with van der Waals surface area (Å²) in [7, 11) is 0. The smallest absolute Gasteiger partial charge is 0.146 e. The Kier molecular flexibility index (Phi) is 5.92. The Morgan fingerprint density at radius 1 is 1.00 bits per heavy atom. The molecule has 0 radical (unpaired) electrons. The summed E-state index contributed by atoms with van der Waals surface area (Å²) in [5, 5.41) is 4.64. The van der Waals surface area contributed by atoms with Crippen molar-refractivity contribution in [2.75, 3.05) is 6.54 Å². The number of hydrogen-bond donors (Lipinski definition) is 1. The zero-order chi connectivity index (χ0) is 15.2. The quantitative estimate of drug-likeness (QED) is 0.762. The minimum Gasteiger partial charge on any atom is -0.456 e. The van der Waals surface area contributed by atoms with Crippen molar-refractivity contribution in [2.45, 2.75) is 26.8 Å². The van der Waals surface area contributed by atoms with E-state index in [-0.39, 0.29) is 0 Å². The second-order valence-electron chi connectivity index (χ2n) is 4.75. The second-order valence-corrected chi connectivity index (χ2v) is 5.57. The highest BCUT2D eigenvalue weighted by Gasteiger charge is 2.06. The van der Waals surface area contributed by atoms with E-state index in [4.69, 9.17) is 27.9 Å². The van der Waals surface area contributed by atoms with Crippen LogP contribution in [0.5, 0.6) is 11.5 Å². The number of hydrogen-bond acceptors (Lipinski definition) is 2. The summed E-state index contributed by atoms with van der Waals surface area (Å²) >= 11 is 12.4. The highest BCUT2D eigenvalue weighted by atomic mass is 35.5. The molecule has 2 aromatic rings. The van der Waals surface area contributed by atoms with Crippen LogP contribution in [0.15, 0.2) is 36.4 Å². The Labute approximate surface area is 136 Å². The van der Waals surface area contributed by atoms with E-state index in [2.05, 4.69) is 19.2 Å². The van der Waals surface area contributed by atoms with Crippen LogP contribution in [-0.2, 0) is 13.0 Å². The van der Waals surface area contributed by atoms with E-state index < -0.39 is 0 Å². The summed E-state index contributed by atoms with van der Waals surface area (Å²) in [5.41, 5.74) is 2.20. The van der Waals surface area contributed by atoms with Crippen LogP contribution < -0.4 is 10.1 Å². The molecular weight excluding hydrogens is 305 g/mol. The summed E-state index contributed by atoms with van der Waals surface area (Å²) in [6, 6.07) is 11.5. The second kappa shape index (κ2) is 7.69. The number of aryl methyl sites for hydroxylation is 1. The van der Waals surface area contributed by atoms with E-state index in [1.54, 1.807) is 0 Å². The molecule has 0 atom stereocenters. The molecule has 0 aromatic heterocycles. The van der Waals surface area contributed by atoms with Crippen molar-refractivity contribution < 1.29 is 4.74 Å². The highest BCUT2D eigenvalue weighted by Crippen LogP contribution is 2.32. The number of ether oxygens (including phenoxy) is 1. The van der Waals surface area contributed by atoms with Crippen LogP contribution in [0, 0.1) is 0 Å². The number of halogens is 2. The number of rotatable bonds is 6. The van der Waals surface area contributed by atoms with Gasteiger partial charge in [0.05, 0.1) is 5.02 Å². The molecule has 0 aliphatic heterocycles. The van der Waals surface area contributed by atoms with Crippen LogP contribution in [-0.4, -0.2) is 6.54 Å². The largest absolute Gasteiger partial charge is 0.456 e. The van der Waals surface area contributed by atoms with Gasteiger partial charge in [-0.2, -0.15) is 0 Å². The number of nitrogens with one attached hydrogen (secondary N) is 1. The molecule has 0 heterocycles. The molecule has 0 unspecified atom stereocenters. The first kappa shape index (κ1) is 16.2. The summed E-state index contributed by atoms with van der Waals surface area (Å²) < 4.78 is 5.86. The molecule has 0 fully saturated rings. The molecule has 112 valence electrons.